The minimum Gasteiger partial charge on any atom is -0.496 e. The summed E-state index contributed by atoms with van der Waals surface area (Å²) in [6.07, 6.45) is 0.781. The van der Waals surface area contributed by atoms with Crippen LogP contribution >= 0.6 is 11.6 Å². The summed E-state index contributed by atoms with van der Waals surface area (Å²) in [5, 5.41) is 0.545. The van der Waals surface area contributed by atoms with E-state index >= 15 is 0 Å². The summed E-state index contributed by atoms with van der Waals surface area (Å²) in [4.78, 5) is 10.7. The highest BCUT2D eigenvalue weighted by Crippen LogP contribution is 2.35. The number of carbonyl (C=O) groups excluding carboxylic acids is 1. The summed E-state index contributed by atoms with van der Waals surface area (Å²) in [6, 6.07) is 11.1. The first-order chi connectivity index (χ1) is 8.65. The molecule has 18 heavy (non-hydrogen) atoms. The Bertz CT molecular complexity index is 591. The Morgan fingerprint density at radius 3 is 2.50 bits per heavy atom. The highest BCUT2D eigenvalue weighted by Gasteiger charge is 2.10. The van der Waals surface area contributed by atoms with Crippen LogP contribution in [0, 0.1) is 6.92 Å². The zero-order chi connectivity index (χ0) is 13.1. The maximum Gasteiger partial charge on any atom is 0.150 e. The van der Waals surface area contributed by atoms with Gasteiger partial charge < -0.3 is 4.74 Å². The number of aryl methyl sites for hydroxylation is 1. The standard InChI is InChI=1S/C15H13ClO2/c1-10-3-6-15(18-2)13(7-10)12-5-4-11(9-17)8-14(12)16/h3-9H,1-2H3. The van der Waals surface area contributed by atoms with Crippen molar-refractivity contribution in [2.45, 2.75) is 6.92 Å². The summed E-state index contributed by atoms with van der Waals surface area (Å²) >= 11 is 6.21. The predicted octanol–water partition coefficient (Wildman–Crippen LogP) is 4.14. The van der Waals surface area contributed by atoms with Crippen LogP contribution in [0.15, 0.2) is 36.4 Å². The van der Waals surface area contributed by atoms with Crippen molar-refractivity contribution in [1.82, 2.24) is 0 Å². The lowest BCUT2D eigenvalue weighted by atomic mass is 10.0. The van der Waals surface area contributed by atoms with Crippen molar-refractivity contribution in [1.29, 1.82) is 0 Å². The Balaban J connectivity index is 2.61. The van der Waals surface area contributed by atoms with Gasteiger partial charge in [-0.1, -0.05) is 35.4 Å². The molecule has 0 amide bonds. The van der Waals surface area contributed by atoms with Crippen LogP contribution in [0.25, 0.3) is 11.1 Å². The number of hydrogen-bond acceptors (Lipinski definition) is 2. The first kappa shape index (κ1) is 12.7. The molecular weight excluding hydrogens is 248 g/mol. The Morgan fingerprint density at radius 2 is 1.89 bits per heavy atom. The van der Waals surface area contributed by atoms with E-state index in [4.69, 9.17) is 16.3 Å². The molecule has 0 aliphatic heterocycles. The van der Waals surface area contributed by atoms with Crippen LogP contribution in [0.2, 0.25) is 5.02 Å². The Kier molecular flexibility index (Phi) is 3.68. The molecule has 0 heterocycles. The van der Waals surface area contributed by atoms with Crippen molar-refractivity contribution in [3.05, 3.63) is 52.5 Å². The van der Waals surface area contributed by atoms with E-state index in [0.717, 1.165) is 28.7 Å². The molecule has 0 bridgehead atoms. The summed E-state index contributed by atoms with van der Waals surface area (Å²) < 4.78 is 5.34. The highest BCUT2D eigenvalue weighted by atomic mass is 35.5. The van der Waals surface area contributed by atoms with Crippen LogP contribution in [0.3, 0.4) is 0 Å². The molecule has 0 saturated carbocycles. The fraction of sp³-hybridized carbons (Fsp3) is 0.133. The molecule has 0 fully saturated rings. The molecule has 2 aromatic rings. The van der Waals surface area contributed by atoms with E-state index in [1.54, 1.807) is 19.2 Å². The summed E-state index contributed by atoms with van der Waals surface area (Å²) in [6.45, 7) is 2.01. The lowest BCUT2D eigenvalue weighted by molar-refractivity contribution is 0.112. The first-order valence-corrected chi connectivity index (χ1v) is 5.93. The lowest BCUT2D eigenvalue weighted by Gasteiger charge is -2.11. The molecule has 92 valence electrons. The van der Waals surface area contributed by atoms with E-state index in [1.165, 1.54) is 0 Å². The quantitative estimate of drug-likeness (QED) is 0.776. The maximum absolute atomic E-state index is 10.7. The summed E-state index contributed by atoms with van der Waals surface area (Å²) in [5.74, 6) is 0.765. The second kappa shape index (κ2) is 5.23. The molecule has 0 aliphatic carbocycles. The van der Waals surface area contributed by atoms with E-state index in [2.05, 4.69) is 0 Å². The van der Waals surface area contributed by atoms with Gasteiger partial charge in [-0.2, -0.15) is 0 Å². The average molecular weight is 261 g/mol. The molecule has 0 spiro atoms. The average Bonchev–Trinajstić information content (AvgIpc) is 2.38. The van der Waals surface area contributed by atoms with E-state index in [0.29, 0.717) is 10.6 Å². The van der Waals surface area contributed by atoms with Crippen LogP contribution in [-0.4, -0.2) is 13.4 Å². The normalized spacial score (nSPS) is 10.2. The van der Waals surface area contributed by atoms with Gasteiger partial charge in [0.05, 0.1) is 7.11 Å². The minimum absolute atomic E-state index is 0.545. The van der Waals surface area contributed by atoms with E-state index in [-0.39, 0.29) is 0 Å². The van der Waals surface area contributed by atoms with Crippen LogP contribution in [-0.2, 0) is 0 Å². The second-order valence-corrected chi connectivity index (χ2v) is 4.47. The van der Waals surface area contributed by atoms with Gasteiger partial charge in [-0.15, -0.1) is 0 Å². The predicted molar refractivity (Wildman–Crippen MR) is 73.6 cm³/mol. The Hall–Kier alpha value is -1.80. The van der Waals surface area contributed by atoms with E-state index < -0.39 is 0 Å². The van der Waals surface area contributed by atoms with Gasteiger partial charge in [-0.05, 0) is 25.1 Å². The largest absolute Gasteiger partial charge is 0.496 e. The van der Waals surface area contributed by atoms with Crippen molar-refractivity contribution in [2.75, 3.05) is 7.11 Å². The van der Waals surface area contributed by atoms with Gasteiger partial charge >= 0.3 is 0 Å². The van der Waals surface area contributed by atoms with Gasteiger partial charge in [0.1, 0.15) is 12.0 Å². The maximum atomic E-state index is 10.7. The molecule has 0 unspecified atom stereocenters. The fourth-order valence-corrected chi connectivity index (χ4v) is 2.15. The van der Waals surface area contributed by atoms with Gasteiger partial charge in [0, 0.05) is 21.7 Å². The second-order valence-electron chi connectivity index (χ2n) is 4.06. The fourth-order valence-electron chi connectivity index (χ4n) is 1.86. The third-order valence-electron chi connectivity index (χ3n) is 2.77. The molecule has 0 radical (unpaired) electrons. The topological polar surface area (TPSA) is 26.3 Å². The lowest BCUT2D eigenvalue weighted by Crippen LogP contribution is -1.90. The van der Waals surface area contributed by atoms with Gasteiger partial charge in [-0.3, -0.25) is 4.79 Å². The molecule has 2 aromatic carbocycles. The summed E-state index contributed by atoms with van der Waals surface area (Å²) in [7, 11) is 1.63. The monoisotopic (exact) mass is 260 g/mol. The first-order valence-electron chi connectivity index (χ1n) is 5.55. The molecule has 3 heteroatoms. The van der Waals surface area contributed by atoms with Crippen molar-refractivity contribution >= 4 is 17.9 Å². The number of carbonyl (C=O) groups is 1. The molecular formula is C15H13ClO2. The zero-order valence-corrected chi connectivity index (χ0v) is 11.0. The number of methoxy groups -OCH3 is 1. The molecule has 0 aliphatic rings. The third-order valence-corrected chi connectivity index (χ3v) is 3.09. The van der Waals surface area contributed by atoms with E-state index in [1.807, 2.05) is 31.2 Å². The number of ether oxygens (including phenoxy) is 1. The number of benzene rings is 2. The Morgan fingerprint density at radius 1 is 1.11 bits per heavy atom. The van der Waals surface area contributed by atoms with E-state index in [9.17, 15) is 4.79 Å². The van der Waals surface area contributed by atoms with Gasteiger partial charge in [0.15, 0.2) is 0 Å². The Labute approximate surface area is 111 Å². The van der Waals surface area contributed by atoms with Crippen LogP contribution < -0.4 is 4.74 Å². The molecule has 0 N–H and O–H groups in total. The smallest absolute Gasteiger partial charge is 0.150 e. The van der Waals surface area contributed by atoms with Crippen molar-refractivity contribution in [3.8, 4) is 16.9 Å². The van der Waals surface area contributed by atoms with Gasteiger partial charge in [-0.25, -0.2) is 0 Å². The zero-order valence-electron chi connectivity index (χ0n) is 10.2. The highest BCUT2D eigenvalue weighted by molar-refractivity contribution is 6.33. The van der Waals surface area contributed by atoms with Gasteiger partial charge in [0.2, 0.25) is 0 Å². The third kappa shape index (κ3) is 2.39. The number of halogens is 1. The van der Waals surface area contributed by atoms with Crippen LogP contribution in [0.4, 0.5) is 0 Å². The van der Waals surface area contributed by atoms with Crippen molar-refractivity contribution in [3.63, 3.8) is 0 Å². The van der Waals surface area contributed by atoms with Crippen molar-refractivity contribution < 1.29 is 9.53 Å². The molecule has 2 rings (SSSR count). The molecule has 0 saturated heterocycles. The molecule has 2 nitrogen and oxygen atoms in total. The van der Waals surface area contributed by atoms with Crippen molar-refractivity contribution in [2.24, 2.45) is 0 Å². The minimum atomic E-state index is 0.545. The van der Waals surface area contributed by atoms with Crippen LogP contribution in [0.1, 0.15) is 15.9 Å². The number of rotatable bonds is 3. The van der Waals surface area contributed by atoms with Crippen LogP contribution in [0.5, 0.6) is 5.75 Å². The molecule has 0 atom stereocenters. The summed E-state index contributed by atoms with van der Waals surface area (Å²) in [5.41, 5.74) is 3.49. The number of aldehydes is 1. The van der Waals surface area contributed by atoms with Gasteiger partial charge in [0.25, 0.3) is 0 Å². The number of hydrogen-bond donors (Lipinski definition) is 0. The SMILES string of the molecule is COc1ccc(C)cc1-c1ccc(C=O)cc1Cl. The molecule has 0 aromatic heterocycles.